The van der Waals surface area contributed by atoms with Gasteiger partial charge in [-0.15, -0.1) is 0 Å². The third-order valence-electron chi connectivity index (χ3n) is 3.88. The van der Waals surface area contributed by atoms with Gasteiger partial charge in [-0.05, 0) is 59.9 Å². The molecule has 2 aliphatic carbocycles. The standard InChI is InChI=1S/C12H13F/c1-2-12-4-3-8-5-10(13)6-9(7-12)11(8)12/h5-6H,2-4,7H2,1H3. The van der Waals surface area contributed by atoms with Crippen LogP contribution in [0.5, 0.6) is 0 Å². The van der Waals surface area contributed by atoms with Gasteiger partial charge in [-0.1, -0.05) is 6.92 Å². The van der Waals surface area contributed by atoms with Crippen LogP contribution in [0.25, 0.3) is 0 Å². The van der Waals surface area contributed by atoms with Crippen LogP contribution in [0.15, 0.2) is 12.1 Å². The molecule has 1 aromatic rings. The quantitative estimate of drug-likeness (QED) is 0.617. The predicted octanol–water partition coefficient (Wildman–Crippen LogP) is 2.98. The molecule has 1 heteroatoms. The molecule has 0 N–H and O–H groups in total. The van der Waals surface area contributed by atoms with Gasteiger partial charge in [0.1, 0.15) is 5.82 Å². The van der Waals surface area contributed by atoms with E-state index in [1.165, 1.54) is 29.5 Å². The molecule has 0 nitrogen and oxygen atoms in total. The van der Waals surface area contributed by atoms with Crippen molar-refractivity contribution < 1.29 is 4.39 Å². The highest BCUT2D eigenvalue weighted by Gasteiger charge is 2.46. The maximum atomic E-state index is 13.1. The number of rotatable bonds is 1. The zero-order valence-corrected chi connectivity index (χ0v) is 7.86. The van der Waals surface area contributed by atoms with Gasteiger partial charge in [0.2, 0.25) is 0 Å². The van der Waals surface area contributed by atoms with Crippen LogP contribution in [-0.2, 0) is 18.3 Å². The van der Waals surface area contributed by atoms with Gasteiger partial charge >= 0.3 is 0 Å². The van der Waals surface area contributed by atoms with E-state index in [-0.39, 0.29) is 5.82 Å². The zero-order valence-electron chi connectivity index (χ0n) is 7.86. The molecule has 68 valence electrons. The maximum absolute atomic E-state index is 13.1. The molecule has 3 rings (SSSR count). The van der Waals surface area contributed by atoms with Crippen LogP contribution in [-0.4, -0.2) is 0 Å². The normalized spacial score (nSPS) is 28.5. The first-order valence-corrected chi connectivity index (χ1v) is 5.07. The van der Waals surface area contributed by atoms with E-state index in [4.69, 9.17) is 0 Å². The Bertz CT molecular complexity index is 381. The molecule has 0 heterocycles. The first kappa shape index (κ1) is 7.54. The lowest BCUT2D eigenvalue weighted by molar-refractivity contribution is 0.358. The summed E-state index contributed by atoms with van der Waals surface area (Å²) in [5.41, 5.74) is 4.51. The van der Waals surface area contributed by atoms with Crippen molar-refractivity contribution in [2.24, 2.45) is 0 Å². The minimum Gasteiger partial charge on any atom is -0.207 e. The molecule has 2 aliphatic rings. The summed E-state index contributed by atoms with van der Waals surface area (Å²) in [5, 5.41) is 0. The lowest BCUT2D eigenvalue weighted by Gasteiger charge is -2.40. The van der Waals surface area contributed by atoms with E-state index in [2.05, 4.69) is 6.92 Å². The number of aryl methyl sites for hydroxylation is 1. The summed E-state index contributed by atoms with van der Waals surface area (Å²) in [7, 11) is 0. The fourth-order valence-corrected chi connectivity index (χ4v) is 3.16. The van der Waals surface area contributed by atoms with Crippen molar-refractivity contribution in [3.05, 3.63) is 34.6 Å². The molecular weight excluding hydrogens is 163 g/mol. The molecule has 0 radical (unpaired) electrons. The number of halogens is 1. The predicted molar refractivity (Wildman–Crippen MR) is 50.4 cm³/mol. The lowest BCUT2D eigenvalue weighted by atomic mass is 9.63. The molecule has 1 aromatic carbocycles. The van der Waals surface area contributed by atoms with Crippen molar-refractivity contribution in [3.8, 4) is 0 Å². The third-order valence-corrected chi connectivity index (χ3v) is 3.88. The van der Waals surface area contributed by atoms with E-state index in [0.717, 1.165) is 12.8 Å². The highest BCUT2D eigenvalue weighted by molar-refractivity contribution is 5.54. The Balaban J connectivity index is 2.22. The molecule has 0 amide bonds. The van der Waals surface area contributed by atoms with Crippen molar-refractivity contribution in [1.82, 2.24) is 0 Å². The van der Waals surface area contributed by atoms with Gasteiger partial charge in [-0.3, -0.25) is 0 Å². The van der Waals surface area contributed by atoms with Gasteiger partial charge in [0.05, 0.1) is 0 Å². The second-order valence-electron chi connectivity index (χ2n) is 4.41. The SMILES string of the molecule is CCC12CCc3cc(F)cc(c31)C2. The molecule has 0 bridgehead atoms. The topological polar surface area (TPSA) is 0 Å². The van der Waals surface area contributed by atoms with Crippen molar-refractivity contribution in [1.29, 1.82) is 0 Å². The van der Waals surface area contributed by atoms with Crippen LogP contribution in [0, 0.1) is 5.82 Å². The first-order chi connectivity index (χ1) is 6.25. The highest BCUT2D eigenvalue weighted by Crippen LogP contribution is 2.53. The van der Waals surface area contributed by atoms with Gasteiger partial charge in [-0.25, -0.2) is 4.39 Å². The van der Waals surface area contributed by atoms with Crippen LogP contribution >= 0.6 is 0 Å². The van der Waals surface area contributed by atoms with Crippen LogP contribution in [0.3, 0.4) is 0 Å². The van der Waals surface area contributed by atoms with Crippen molar-refractivity contribution in [2.45, 2.75) is 38.0 Å². The Hall–Kier alpha value is -0.850. The molecular formula is C12H13F. The first-order valence-electron chi connectivity index (χ1n) is 5.07. The van der Waals surface area contributed by atoms with Gasteiger partial charge in [-0.2, -0.15) is 0 Å². The van der Waals surface area contributed by atoms with Gasteiger partial charge in [0.15, 0.2) is 0 Å². The van der Waals surface area contributed by atoms with Crippen molar-refractivity contribution in [2.75, 3.05) is 0 Å². The maximum Gasteiger partial charge on any atom is 0.123 e. The summed E-state index contributed by atoms with van der Waals surface area (Å²) in [6.45, 7) is 2.25. The summed E-state index contributed by atoms with van der Waals surface area (Å²) < 4.78 is 13.1. The molecule has 0 fully saturated rings. The third kappa shape index (κ3) is 0.756. The Kier molecular flexibility index (Phi) is 1.24. The van der Waals surface area contributed by atoms with Crippen LogP contribution in [0.1, 0.15) is 36.5 Å². The largest absolute Gasteiger partial charge is 0.207 e. The molecule has 1 atom stereocenters. The van der Waals surface area contributed by atoms with Gasteiger partial charge in [0, 0.05) is 0 Å². The monoisotopic (exact) mass is 176 g/mol. The molecule has 13 heavy (non-hydrogen) atoms. The van der Waals surface area contributed by atoms with E-state index in [1.807, 2.05) is 0 Å². The van der Waals surface area contributed by atoms with Crippen LogP contribution in [0.4, 0.5) is 4.39 Å². The van der Waals surface area contributed by atoms with Gasteiger partial charge < -0.3 is 0 Å². The fourth-order valence-electron chi connectivity index (χ4n) is 3.16. The van der Waals surface area contributed by atoms with Gasteiger partial charge in [0.25, 0.3) is 0 Å². The van der Waals surface area contributed by atoms with Crippen molar-refractivity contribution in [3.63, 3.8) is 0 Å². The Morgan fingerprint density at radius 2 is 2.15 bits per heavy atom. The van der Waals surface area contributed by atoms with Crippen LogP contribution in [0.2, 0.25) is 0 Å². The lowest BCUT2D eigenvalue weighted by Crippen LogP contribution is -2.35. The van der Waals surface area contributed by atoms with E-state index >= 15 is 0 Å². The minimum atomic E-state index is -0.0413. The summed E-state index contributed by atoms with van der Waals surface area (Å²) in [5.74, 6) is -0.0413. The average molecular weight is 176 g/mol. The molecule has 0 aromatic heterocycles. The summed E-state index contributed by atoms with van der Waals surface area (Å²) in [4.78, 5) is 0. The molecule has 0 aliphatic heterocycles. The zero-order chi connectivity index (χ0) is 9.05. The number of hydrogen-bond donors (Lipinski definition) is 0. The summed E-state index contributed by atoms with van der Waals surface area (Å²) in [6, 6.07) is 3.45. The second kappa shape index (κ2) is 2.14. The molecule has 0 saturated carbocycles. The average Bonchev–Trinajstić information content (AvgIpc) is 2.38. The smallest absolute Gasteiger partial charge is 0.123 e. The van der Waals surface area contributed by atoms with E-state index in [0.29, 0.717) is 5.41 Å². The highest BCUT2D eigenvalue weighted by atomic mass is 19.1. The van der Waals surface area contributed by atoms with Crippen molar-refractivity contribution >= 4 is 0 Å². The molecule has 0 spiro atoms. The van der Waals surface area contributed by atoms with E-state index in [1.54, 1.807) is 12.1 Å². The number of hydrogen-bond acceptors (Lipinski definition) is 0. The fraction of sp³-hybridized carbons (Fsp3) is 0.500. The Morgan fingerprint density at radius 1 is 1.38 bits per heavy atom. The van der Waals surface area contributed by atoms with E-state index < -0.39 is 0 Å². The summed E-state index contributed by atoms with van der Waals surface area (Å²) >= 11 is 0. The summed E-state index contributed by atoms with van der Waals surface area (Å²) in [6.07, 6.45) is 4.67. The van der Waals surface area contributed by atoms with Crippen LogP contribution < -0.4 is 0 Å². The molecule has 1 unspecified atom stereocenters. The van der Waals surface area contributed by atoms with E-state index in [9.17, 15) is 4.39 Å². The second-order valence-corrected chi connectivity index (χ2v) is 4.41. The Labute approximate surface area is 77.8 Å². The number of benzene rings is 1. The minimum absolute atomic E-state index is 0.0413. The Morgan fingerprint density at radius 3 is 2.92 bits per heavy atom. The molecule has 0 saturated heterocycles.